The highest BCUT2D eigenvalue weighted by Crippen LogP contribution is 2.25. The molecule has 0 aromatic heterocycles. The summed E-state index contributed by atoms with van der Waals surface area (Å²) in [4.78, 5) is 25.7. The van der Waals surface area contributed by atoms with Crippen molar-refractivity contribution < 1.29 is 14.0 Å². The zero-order valence-corrected chi connectivity index (χ0v) is 13.6. The Balaban J connectivity index is 1.93. The normalized spacial score (nSPS) is 14.2. The molecule has 2 amide bonds. The first-order chi connectivity index (χ1) is 10.5. The van der Waals surface area contributed by atoms with Gasteiger partial charge in [-0.15, -0.1) is 0 Å². The van der Waals surface area contributed by atoms with E-state index in [-0.39, 0.29) is 18.9 Å². The molecule has 1 aliphatic rings. The molecule has 3 rings (SSSR count). The van der Waals surface area contributed by atoms with Crippen molar-refractivity contribution in [2.45, 2.75) is 13.0 Å². The first-order valence-electron chi connectivity index (χ1n) is 6.53. The van der Waals surface area contributed by atoms with E-state index in [9.17, 15) is 14.0 Å². The summed E-state index contributed by atoms with van der Waals surface area (Å²) in [5, 5.41) is 0.478. The van der Waals surface area contributed by atoms with Crippen LogP contribution in [0.3, 0.4) is 0 Å². The molecule has 0 saturated carbocycles. The van der Waals surface area contributed by atoms with E-state index in [0.29, 0.717) is 26.2 Å². The SMILES string of the molecule is O=C1Cc2cc(Cl)ccc2C(=O)N1Cc1ccc(Br)cc1F. The maximum atomic E-state index is 13.9. The predicted octanol–water partition coefficient (Wildman–Crippen LogP) is 3.97. The standard InChI is InChI=1S/C16H10BrClFNO2/c17-11-2-1-9(14(19)7-11)8-20-15(21)6-10-5-12(18)3-4-13(10)16(20)22/h1-5,7H,6,8H2. The van der Waals surface area contributed by atoms with Gasteiger partial charge in [-0.2, -0.15) is 0 Å². The molecular weight excluding hydrogens is 373 g/mol. The number of carbonyl (C=O) groups is 2. The van der Waals surface area contributed by atoms with Crippen LogP contribution >= 0.6 is 27.5 Å². The number of benzene rings is 2. The average Bonchev–Trinajstić information content (AvgIpc) is 2.45. The molecule has 3 nitrogen and oxygen atoms in total. The molecule has 2 aromatic rings. The number of amides is 2. The van der Waals surface area contributed by atoms with E-state index in [1.807, 2.05) is 0 Å². The molecule has 0 saturated heterocycles. The average molecular weight is 383 g/mol. The maximum absolute atomic E-state index is 13.9. The topological polar surface area (TPSA) is 37.4 Å². The third-order valence-corrected chi connectivity index (χ3v) is 4.26. The van der Waals surface area contributed by atoms with E-state index in [0.717, 1.165) is 4.90 Å². The van der Waals surface area contributed by atoms with E-state index < -0.39 is 11.7 Å². The van der Waals surface area contributed by atoms with Crippen LogP contribution in [0.1, 0.15) is 21.5 Å². The van der Waals surface area contributed by atoms with Crippen molar-refractivity contribution in [3.63, 3.8) is 0 Å². The molecule has 0 bridgehead atoms. The Labute approximate surface area is 139 Å². The molecule has 0 fully saturated rings. The summed E-state index contributed by atoms with van der Waals surface area (Å²) in [6.07, 6.45) is 0.0831. The van der Waals surface area contributed by atoms with E-state index in [2.05, 4.69) is 15.9 Å². The molecule has 112 valence electrons. The zero-order valence-electron chi connectivity index (χ0n) is 11.3. The van der Waals surface area contributed by atoms with Gasteiger partial charge in [-0.05, 0) is 35.9 Å². The van der Waals surface area contributed by atoms with Crippen LogP contribution in [0.15, 0.2) is 40.9 Å². The van der Waals surface area contributed by atoms with Crippen molar-refractivity contribution in [2.24, 2.45) is 0 Å². The van der Waals surface area contributed by atoms with E-state index in [1.165, 1.54) is 6.07 Å². The molecule has 0 unspecified atom stereocenters. The van der Waals surface area contributed by atoms with Crippen molar-refractivity contribution in [3.8, 4) is 0 Å². The second-order valence-corrected chi connectivity index (χ2v) is 6.35. The van der Waals surface area contributed by atoms with Gasteiger partial charge in [-0.3, -0.25) is 14.5 Å². The predicted molar refractivity (Wildman–Crippen MR) is 84.1 cm³/mol. The number of fused-ring (bicyclic) bond motifs is 1. The minimum atomic E-state index is -0.461. The first-order valence-corrected chi connectivity index (χ1v) is 7.70. The smallest absolute Gasteiger partial charge is 0.261 e. The van der Waals surface area contributed by atoms with E-state index >= 15 is 0 Å². The van der Waals surface area contributed by atoms with Crippen LogP contribution in [-0.2, 0) is 17.8 Å². The van der Waals surface area contributed by atoms with Crippen LogP contribution in [0.4, 0.5) is 4.39 Å². The van der Waals surface area contributed by atoms with Gasteiger partial charge in [0.05, 0.1) is 13.0 Å². The van der Waals surface area contributed by atoms with Crippen molar-refractivity contribution in [1.82, 2.24) is 4.90 Å². The number of carbonyl (C=O) groups excluding carboxylic acids is 2. The van der Waals surface area contributed by atoms with Crippen LogP contribution in [0, 0.1) is 5.82 Å². The molecule has 22 heavy (non-hydrogen) atoms. The van der Waals surface area contributed by atoms with Gasteiger partial charge >= 0.3 is 0 Å². The Bertz CT molecular complexity index is 794. The zero-order chi connectivity index (χ0) is 15.9. The summed E-state index contributed by atoms with van der Waals surface area (Å²) in [5.41, 5.74) is 1.33. The lowest BCUT2D eigenvalue weighted by atomic mass is 9.98. The Kier molecular flexibility index (Phi) is 4.02. The van der Waals surface area contributed by atoms with Gasteiger partial charge < -0.3 is 0 Å². The minimum absolute atomic E-state index is 0.0831. The fourth-order valence-corrected chi connectivity index (χ4v) is 2.94. The van der Waals surface area contributed by atoms with Gasteiger partial charge in [0.2, 0.25) is 5.91 Å². The van der Waals surface area contributed by atoms with Crippen molar-refractivity contribution in [1.29, 1.82) is 0 Å². The molecule has 0 atom stereocenters. The Morgan fingerprint density at radius 1 is 1.18 bits per heavy atom. The lowest BCUT2D eigenvalue weighted by Gasteiger charge is -2.27. The number of rotatable bonds is 2. The van der Waals surface area contributed by atoms with Gasteiger partial charge in [-0.25, -0.2) is 4.39 Å². The molecule has 1 aliphatic heterocycles. The van der Waals surface area contributed by atoms with Crippen LogP contribution in [0.25, 0.3) is 0 Å². The third kappa shape index (κ3) is 2.78. The van der Waals surface area contributed by atoms with Gasteiger partial charge in [0.25, 0.3) is 5.91 Å². The number of hydrogen-bond donors (Lipinski definition) is 0. The van der Waals surface area contributed by atoms with E-state index in [4.69, 9.17) is 11.6 Å². The summed E-state index contributed by atoms with van der Waals surface area (Å²) in [6, 6.07) is 9.35. The van der Waals surface area contributed by atoms with Gasteiger partial charge in [0.1, 0.15) is 5.82 Å². The fraction of sp³-hybridized carbons (Fsp3) is 0.125. The first kappa shape index (κ1) is 15.2. The molecule has 0 aliphatic carbocycles. The van der Waals surface area contributed by atoms with Crippen LogP contribution in [0.5, 0.6) is 0 Å². The molecular formula is C16H10BrClFNO2. The fourth-order valence-electron chi connectivity index (χ4n) is 2.41. The van der Waals surface area contributed by atoms with Crippen molar-refractivity contribution in [2.75, 3.05) is 0 Å². The lowest BCUT2D eigenvalue weighted by molar-refractivity contribution is -0.128. The summed E-state index contributed by atoms with van der Waals surface area (Å²) in [6.45, 7) is -0.0845. The Morgan fingerprint density at radius 2 is 1.95 bits per heavy atom. The Morgan fingerprint density at radius 3 is 2.68 bits per heavy atom. The van der Waals surface area contributed by atoms with Crippen LogP contribution in [-0.4, -0.2) is 16.7 Å². The van der Waals surface area contributed by atoms with Gasteiger partial charge in [0.15, 0.2) is 0 Å². The summed E-state index contributed by atoms with van der Waals surface area (Å²) in [5.74, 6) is -1.25. The highest BCUT2D eigenvalue weighted by Gasteiger charge is 2.31. The summed E-state index contributed by atoms with van der Waals surface area (Å²) < 4.78 is 14.5. The van der Waals surface area contributed by atoms with Gasteiger partial charge in [0, 0.05) is 20.6 Å². The molecule has 2 aromatic carbocycles. The summed E-state index contributed by atoms with van der Waals surface area (Å²) in [7, 11) is 0. The second kappa shape index (κ2) is 5.82. The van der Waals surface area contributed by atoms with Crippen molar-refractivity contribution in [3.05, 3.63) is 68.4 Å². The monoisotopic (exact) mass is 381 g/mol. The van der Waals surface area contributed by atoms with Crippen LogP contribution in [0.2, 0.25) is 5.02 Å². The second-order valence-electron chi connectivity index (χ2n) is 5.00. The number of imide groups is 1. The van der Waals surface area contributed by atoms with Gasteiger partial charge in [-0.1, -0.05) is 33.6 Å². The number of hydrogen-bond acceptors (Lipinski definition) is 2. The molecule has 0 radical (unpaired) electrons. The van der Waals surface area contributed by atoms with E-state index in [1.54, 1.807) is 30.3 Å². The molecule has 1 heterocycles. The maximum Gasteiger partial charge on any atom is 0.261 e. The lowest BCUT2D eigenvalue weighted by Crippen LogP contribution is -2.41. The number of halogens is 3. The minimum Gasteiger partial charge on any atom is -0.274 e. The summed E-state index contributed by atoms with van der Waals surface area (Å²) >= 11 is 9.06. The molecule has 0 N–H and O–H groups in total. The highest BCUT2D eigenvalue weighted by molar-refractivity contribution is 9.10. The quantitative estimate of drug-likeness (QED) is 0.737. The molecule has 0 spiro atoms. The largest absolute Gasteiger partial charge is 0.274 e. The third-order valence-electron chi connectivity index (χ3n) is 3.53. The highest BCUT2D eigenvalue weighted by atomic mass is 79.9. The number of nitrogens with zero attached hydrogens (tertiary/aromatic N) is 1. The molecule has 6 heteroatoms. The van der Waals surface area contributed by atoms with Crippen molar-refractivity contribution >= 4 is 39.3 Å². The van der Waals surface area contributed by atoms with Crippen LogP contribution < -0.4 is 0 Å². The Hall–Kier alpha value is -1.72.